The number of ether oxygens (including phenoxy) is 1. The zero-order valence-corrected chi connectivity index (χ0v) is 16.5. The van der Waals surface area contributed by atoms with Crippen LogP contribution in [-0.4, -0.2) is 24.9 Å². The third-order valence-corrected chi connectivity index (χ3v) is 4.83. The second-order valence-electron chi connectivity index (χ2n) is 6.97. The highest BCUT2D eigenvalue weighted by molar-refractivity contribution is 7.18. The van der Waals surface area contributed by atoms with Gasteiger partial charge in [-0.3, -0.25) is 9.59 Å². The number of rotatable bonds is 4. The Hall–Kier alpha value is -2.74. The first-order chi connectivity index (χ1) is 12.5. The van der Waals surface area contributed by atoms with Gasteiger partial charge in [-0.05, 0) is 36.8 Å². The highest BCUT2D eigenvalue weighted by Crippen LogP contribution is 2.29. The van der Waals surface area contributed by atoms with Crippen LogP contribution in [0.4, 0.5) is 15.1 Å². The average Bonchev–Trinajstić information content (AvgIpc) is 2.95. The van der Waals surface area contributed by atoms with Crippen LogP contribution in [0.2, 0.25) is 0 Å². The molecule has 0 aliphatic heterocycles. The second-order valence-corrected chi connectivity index (χ2v) is 8.02. The maximum Gasteiger partial charge on any atom is 0.337 e. The van der Waals surface area contributed by atoms with Gasteiger partial charge in [0.15, 0.2) is 0 Å². The Morgan fingerprint density at radius 3 is 2.37 bits per heavy atom. The van der Waals surface area contributed by atoms with Gasteiger partial charge < -0.3 is 15.4 Å². The summed E-state index contributed by atoms with van der Waals surface area (Å²) in [6, 6.07) is 5.25. The molecule has 2 N–H and O–H groups in total. The summed E-state index contributed by atoms with van der Waals surface area (Å²) in [6.45, 7) is 7.08. The lowest BCUT2D eigenvalue weighted by atomic mass is 9.96. The van der Waals surface area contributed by atoms with Crippen LogP contribution < -0.4 is 10.6 Å². The molecule has 1 aromatic carbocycles. The van der Waals surface area contributed by atoms with Crippen molar-refractivity contribution in [3.63, 3.8) is 0 Å². The van der Waals surface area contributed by atoms with Crippen LogP contribution in [0.1, 0.15) is 46.4 Å². The van der Waals surface area contributed by atoms with Gasteiger partial charge in [0, 0.05) is 5.41 Å². The highest BCUT2D eigenvalue weighted by Gasteiger charge is 2.23. The van der Waals surface area contributed by atoms with Crippen molar-refractivity contribution >= 4 is 39.8 Å². The minimum atomic E-state index is -0.675. The number of aryl methyl sites for hydroxylation is 1. The number of methoxy groups -OCH3 is 1. The summed E-state index contributed by atoms with van der Waals surface area (Å²) in [6.07, 6.45) is 0. The van der Waals surface area contributed by atoms with Gasteiger partial charge >= 0.3 is 5.97 Å². The van der Waals surface area contributed by atoms with E-state index in [2.05, 4.69) is 15.4 Å². The topological polar surface area (TPSA) is 84.5 Å². The van der Waals surface area contributed by atoms with E-state index in [9.17, 15) is 18.8 Å². The van der Waals surface area contributed by atoms with Crippen molar-refractivity contribution in [1.82, 2.24) is 0 Å². The fraction of sp³-hybridized carbons (Fsp3) is 0.316. The summed E-state index contributed by atoms with van der Waals surface area (Å²) in [4.78, 5) is 36.5. The SMILES string of the molecule is COC(=O)c1ccc(F)c(NC(=O)c2sc(NC(=O)C(C)(C)C)cc2C)c1. The van der Waals surface area contributed by atoms with Crippen molar-refractivity contribution in [2.24, 2.45) is 5.41 Å². The second kappa shape index (κ2) is 7.87. The highest BCUT2D eigenvalue weighted by atomic mass is 32.1. The van der Waals surface area contributed by atoms with Crippen LogP contribution in [0.5, 0.6) is 0 Å². The van der Waals surface area contributed by atoms with Gasteiger partial charge in [0.2, 0.25) is 5.91 Å². The Labute approximate surface area is 160 Å². The summed E-state index contributed by atoms with van der Waals surface area (Å²) >= 11 is 1.09. The minimum absolute atomic E-state index is 0.121. The van der Waals surface area contributed by atoms with E-state index in [4.69, 9.17) is 0 Å². The van der Waals surface area contributed by atoms with Gasteiger partial charge in [-0.15, -0.1) is 11.3 Å². The van der Waals surface area contributed by atoms with E-state index in [0.29, 0.717) is 15.4 Å². The van der Waals surface area contributed by atoms with Crippen LogP contribution >= 0.6 is 11.3 Å². The molecule has 1 aromatic heterocycles. The fourth-order valence-corrected chi connectivity index (χ4v) is 3.08. The molecule has 2 amide bonds. The summed E-state index contributed by atoms with van der Waals surface area (Å²) in [5.41, 5.74) is 0.0649. The molecule has 0 radical (unpaired) electrons. The van der Waals surface area contributed by atoms with E-state index in [0.717, 1.165) is 17.4 Å². The minimum Gasteiger partial charge on any atom is -0.465 e. The first-order valence-corrected chi connectivity index (χ1v) is 8.95. The van der Waals surface area contributed by atoms with Crippen molar-refractivity contribution < 1.29 is 23.5 Å². The fourth-order valence-electron chi connectivity index (χ4n) is 2.11. The van der Waals surface area contributed by atoms with Crippen molar-refractivity contribution in [3.05, 3.63) is 46.1 Å². The van der Waals surface area contributed by atoms with Crippen molar-refractivity contribution in [3.8, 4) is 0 Å². The molecule has 0 aliphatic rings. The third-order valence-electron chi connectivity index (χ3n) is 3.68. The van der Waals surface area contributed by atoms with Gasteiger partial charge in [-0.25, -0.2) is 9.18 Å². The van der Waals surface area contributed by atoms with Crippen molar-refractivity contribution in [2.75, 3.05) is 17.7 Å². The van der Waals surface area contributed by atoms with E-state index < -0.39 is 23.1 Å². The molecule has 6 nitrogen and oxygen atoms in total. The van der Waals surface area contributed by atoms with Gasteiger partial charge in [-0.1, -0.05) is 20.8 Å². The maximum absolute atomic E-state index is 14.0. The predicted molar refractivity (Wildman–Crippen MR) is 103 cm³/mol. The molecule has 1 heterocycles. The van der Waals surface area contributed by atoms with E-state index >= 15 is 0 Å². The number of amides is 2. The monoisotopic (exact) mass is 392 g/mol. The normalized spacial score (nSPS) is 11.0. The third kappa shape index (κ3) is 4.91. The number of nitrogens with one attached hydrogen (secondary N) is 2. The number of carbonyl (C=O) groups is 3. The number of halogens is 1. The van der Waals surface area contributed by atoms with Crippen LogP contribution in [0, 0.1) is 18.2 Å². The molecule has 2 aromatic rings. The zero-order chi connectivity index (χ0) is 20.4. The number of thiophene rings is 1. The lowest BCUT2D eigenvalue weighted by molar-refractivity contribution is -0.123. The summed E-state index contributed by atoms with van der Waals surface area (Å²) in [5.74, 6) is -2.02. The molecule has 27 heavy (non-hydrogen) atoms. The average molecular weight is 392 g/mol. The largest absolute Gasteiger partial charge is 0.465 e. The number of hydrogen-bond acceptors (Lipinski definition) is 5. The van der Waals surface area contributed by atoms with Gasteiger partial charge in [-0.2, -0.15) is 0 Å². The summed E-state index contributed by atoms with van der Waals surface area (Å²) in [7, 11) is 1.21. The Morgan fingerprint density at radius 1 is 1.11 bits per heavy atom. The van der Waals surface area contributed by atoms with Crippen LogP contribution in [0.25, 0.3) is 0 Å². The molecule has 0 fully saturated rings. The van der Waals surface area contributed by atoms with E-state index in [-0.39, 0.29) is 17.2 Å². The predicted octanol–water partition coefficient (Wildman–Crippen LogP) is 4.22. The van der Waals surface area contributed by atoms with Crippen molar-refractivity contribution in [1.29, 1.82) is 0 Å². The molecule has 0 saturated carbocycles. The van der Waals surface area contributed by atoms with Gasteiger partial charge in [0.1, 0.15) is 5.82 Å². The Morgan fingerprint density at radius 2 is 1.78 bits per heavy atom. The molecule has 8 heteroatoms. The Balaban J connectivity index is 2.22. The van der Waals surface area contributed by atoms with Gasteiger partial charge in [0.05, 0.1) is 28.2 Å². The quantitative estimate of drug-likeness (QED) is 0.763. The van der Waals surface area contributed by atoms with Crippen LogP contribution in [0.3, 0.4) is 0 Å². The van der Waals surface area contributed by atoms with Gasteiger partial charge in [0.25, 0.3) is 5.91 Å². The van der Waals surface area contributed by atoms with E-state index in [1.165, 1.54) is 19.2 Å². The molecule has 144 valence electrons. The number of benzene rings is 1. The molecule has 0 bridgehead atoms. The lowest BCUT2D eigenvalue weighted by Gasteiger charge is -2.16. The molecule has 0 atom stereocenters. The summed E-state index contributed by atoms with van der Waals surface area (Å²) in [5, 5.41) is 5.76. The Bertz CT molecular complexity index is 900. The standard InChI is InChI=1S/C19H21FN2O4S/c1-10-8-14(22-18(25)19(2,3)4)27-15(10)16(23)21-13-9-11(17(24)26-5)6-7-12(13)20/h6-9H,1-5H3,(H,21,23)(H,22,25). The Kier molecular flexibility index (Phi) is 6.00. The number of anilines is 2. The maximum atomic E-state index is 14.0. The summed E-state index contributed by atoms with van der Waals surface area (Å²) < 4.78 is 18.6. The first kappa shape index (κ1) is 20.6. The molecular weight excluding hydrogens is 371 g/mol. The molecule has 0 aliphatic carbocycles. The van der Waals surface area contributed by atoms with E-state index in [1.807, 2.05) is 0 Å². The number of hydrogen-bond donors (Lipinski definition) is 2. The number of carbonyl (C=O) groups excluding carboxylic acids is 3. The molecule has 0 unspecified atom stereocenters. The zero-order valence-electron chi connectivity index (χ0n) is 15.7. The van der Waals surface area contributed by atoms with Crippen LogP contribution in [-0.2, 0) is 9.53 Å². The van der Waals surface area contributed by atoms with Crippen LogP contribution in [0.15, 0.2) is 24.3 Å². The molecular formula is C19H21FN2O4S. The molecule has 0 saturated heterocycles. The van der Waals surface area contributed by atoms with Crippen molar-refractivity contribution in [2.45, 2.75) is 27.7 Å². The van der Waals surface area contributed by atoms with E-state index in [1.54, 1.807) is 33.8 Å². The first-order valence-electron chi connectivity index (χ1n) is 8.14. The lowest BCUT2D eigenvalue weighted by Crippen LogP contribution is -2.27. The molecule has 0 spiro atoms. The molecule has 2 rings (SSSR count). The smallest absolute Gasteiger partial charge is 0.337 e. The number of esters is 1.